The first kappa shape index (κ1) is 28.2. The van der Waals surface area contributed by atoms with Gasteiger partial charge in [-0.2, -0.15) is 8.78 Å². The van der Waals surface area contributed by atoms with Gasteiger partial charge in [-0.25, -0.2) is 17.6 Å². The predicted octanol–water partition coefficient (Wildman–Crippen LogP) is 5.36. The molecule has 3 rings (SSSR count). The van der Waals surface area contributed by atoms with Gasteiger partial charge in [-0.1, -0.05) is 61.2 Å². The molecular formula is C25H23F3O5S2. The van der Waals surface area contributed by atoms with Crippen molar-refractivity contribution in [3.63, 3.8) is 0 Å². The first-order valence-corrected chi connectivity index (χ1v) is 12.9. The molecule has 10 heteroatoms. The molecule has 1 atom stereocenters. The van der Waals surface area contributed by atoms with Crippen molar-refractivity contribution in [3.05, 3.63) is 104 Å². The molecule has 0 aromatic heterocycles. The highest BCUT2D eigenvalue weighted by atomic mass is 32.2. The summed E-state index contributed by atoms with van der Waals surface area (Å²) in [6, 6.07) is 32.2. The van der Waals surface area contributed by atoms with Crippen LogP contribution in [0.5, 0.6) is 0 Å². The Hall–Kier alpha value is -3.08. The van der Waals surface area contributed by atoms with Crippen LogP contribution in [0.15, 0.2) is 118 Å². The van der Waals surface area contributed by atoms with E-state index in [1.54, 1.807) is 0 Å². The molecular weight excluding hydrogens is 501 g/mol. The number of rotatable bonds is 9. The van der Waals surface area contributed by atoms with E-state index in [0.717, 1.165) is 6.08 Å². The first-order chi connectivity index (χ1) is 16.6. The van der Waals surface area contributed by atoms with Gasteiger partial charge in [-0.15, -0.1) is 0 Å². The summed E-state index contributed by atoms with van der Waals surface area (Å²) in [7, 11) is -6.09. The van der Waals surface area contributed by atoms with Gasteiger partial charge < -0.3 is 9.29 Å². The molecule has 35 heavy (non-hydrogen) atoms. The van der Waals surface area contributed by atoms with Crippen LogP contribution in [0.25, 0.3) is 0 Å². The molecule has 3 aromatic carbocycles. The third kappa shape index (κ3) is 8.27. The summed E-state index contributed by atoms with van der Waals surface area (Å²) < 4.78 is 71.8. The van der Waals surface area contributed by atoms with Crippen LogP contribution in [-0.4, -0.2) is 37.0 Å². The van der Waals surface area contributed by atoms with Crippen LogP contribution in [-0.2, 0) is 30.5 Å². The number of halogens is 3. The van der Waals surface area contributed by atoms with Gasteiger partial charge in [-0.3, -0.25) is 0 Å². The van der Waals surface area contributed by atoms with Crippen LogP contribution in [0.2, 0.25) is 0 Å². The lowest BCUT2D eigenvalue weighted by Crippen LogP contribution is -2.39. The van der Waals surface area contributed by atoms with Crippen molar-refractivity contribution >= 4 is 27.0 Å². The van der Waals surface area contributed by atoms with Crippen molar-refractivity contribution in [1.82, 2.24) is 0 Å². The second-order valence-electron chi connectivity index (χ2n) is 6.89. The Morgan fingerprint density at radius 2 is 1.29 bits per heavy atom. The zero-order valence-corrected chi connectivity index (χ0v) is 20.1. The molecule has 0 fully saturated rings. The largest absolute Gasteiger partial charge is 0.743 e. The Bertz CT molecular complexity index is 1080. The zero-order valence-electron chi connectivity index (χ0n) is 18.4. The van der Waals surface area contributed by atoms with E-state index in [1.807, 2.05) is 0 Å². The normalized spacial score (nSPS) is 12.3. The number of carbonyl (C=O) groups is 1. The Morgan fingerprint density at radius 3 is 1.60 bits per heavy atom. The number of benzene rings is 3. The molecule has 1 unspecified atom stereocenters. The first-order valence-electron chi connectivity index (χ1n) is 10.2. The van der Waals surface area contributed by atoms with Crippen molar-refractivity contribution < 1.29 is 35.7 Å². The second-order valence-corrected chi connectivity index (χ2v) is 10.4. The lowest BCUT2D eigenvalue weighted by atomic mass is 10.3. The zero-order chi connectivity index (χ0) is 25.9. The molecule has 0 spiro atoms. The highest BCUT2D eigenvalue weighted by Crippen LogP contribution is 2.31. The summed E-state index contributed by atoms with van der Waals surface area (Å²) in [5.41, 5.74) is 0. The van der Waals surface area contributed by atoms with E-state index in [4.69, 9.17) is 0 Å². The summed E-state index contributed by atoms with van der Waals surface area (Å²) in [5, 5.41) is -5.03. The van der Waals surface area contributed by atoms with Gasteiger partial charge in [0.2, 0.25) is 0 Å². The van der Waals surface area contributed by atoms with E-state index < -0.39 is 40.5 Å². The Morgan fingerprint density at radius 1 is 0.914 bits per heavy atom. The number of hydrogen-bond acceptors (Lipinski definition) is 5. The predicted molar refractivity (Wildman–Crippen MR) is 127 cm³/mol. The molecule has 0 N–H and O–H groups in total. The van der Waals surface area contributed by atoms with E-state index in [2.05, 4.69) is 102 Å². The van der Waals surface area contributed by atoms with Gasteiger partial charge in [0, 0.05) is 12.5 Å². The molecule has 0 aliphatic carbocycles. The van der Waals surface area contributed by atoms with Crippen molar-refractivity contribution in [2.24, 2.45) is 0 Å². The van der Waals surface area contributed by atoms with E-state index in [0.29, 0.717) is 0 Å². The fraction of sp³-hybridized carbons (Fsp3) is 0.160. The molecule has 0 aliphatic rings. The third-order valence-electron chi connectivity index (χ3n) is 4.42. The van der Waals surface area contributed by atoms with Crippen molar-refractivity contribution in [3.8, 4) is 0 Å². The molecule has 0 aliphatic heterocycles. The molecule has 0 saturated carbocycles. The maximum atomic E-state index is 12.7. The van der Waals surface area contributed by atoms with Gasteiger partial charge in [0.05, 0.1) is 17.5 Å². The molecule has 186 valence electrons. The van der Waals surface area contributed by atoms with E-state index in [1.165, 1.54) is 14.7 Å². The Labute approximate surface area is 205 Å². The lowest BCUT2D eigenvalue weighted by molar-refractivity contribution is -0.138. The summed E-state index contributed by atoms with van der Waals surface area (Å²) in [4.78, 5) is 14.5. The van der Waals surface area contributed by atoms with Crippen LogP contribution in [0.1, 0.15) is 6.42 Å². The van der Waals surface area contributed by atoms with Gasteiger partial charge >= 0.3 is 11.2 Å². The van der Waals surface area contributed by atoms with E-state index in [-0.39, 0.29) is 10.9 Å². The molecule has 0 amide bonds. The molecule has 0 heterocycles. The number of esters is 1. The van der Waals surface area contributed by atoms with Gasteiger partial charge in [0.25, 0.3) is 0 Å². The summed E-state index contributed by atoms with van der Waals surface area (Å²) >= 11 is 0. The number of ether oxygens (including phenoxy) is 1. The topological polar surface area (TPSA) is 83.5 Å². The van der Waals surface area contributed by atoms with Crippen LogP contribution < -0.4 is 0 Å². The minimum atomic E-state index is -6.08. The monoisotopic (exact) mass is 524 g/mol. The highest BCUT2D eigenvalue weighted by molar-refractivity contribution is 7.97. The standard InChI is InChI=1S/C18H15S.C7H9F3O5S/c1-4-10-16(11-5-1)19(17-12-6-2-7-13-17)18-14-8-3-9-15-18;1-2-6(11)15-4-3-5(8)7(9,10)16(12,13)14/h1-15H;2,5H,1,3-4H2,(H,12,13,14)/q+1;/p-1. The fourth-order valence-electron chi connectivity index (χ4n) is 2.72. The SMILES string of the molecule is C=CC(=O)OCCC(F)C(F)(F)S(=O)(=O)[O-].c1ccc([S+](c2ccccc2)c2ccccc2)cc1. The molecule has 0 saturated heterocycles. The smallest absolute Gasteiger partial charge is 0.364 e. The van der Waals surface area contributed by atoms with E-state index in [9.17, 15) is 30.9 Å². The second kappa shape index (κ2) is 13.1. The minimum Gasteiger partial charge on any atom is -0.743 e. The quantitative estimate of drug-likeness (QED) is 0.163. The van der Waals surface area contributed by atoms with Crippen molar-refractivity contribution in [1.29, 1.82) is 0 Å². The summed E-state index contributed by atoms with van der Waals surface area (Å²) in [6.45, 7) is 2.20. The van der Waals surface area contributed by atoms with Crippen LogP contribution >= 0.6 is 0 Å². The highest BCUT2D eigenvalue weighted by Gasteiger charge is 2.47. The van der Waals surface area contributed by atoms with E-state index >= 15 is 0 Å². The number of hydrogen-bond donors (Lipinski definition) is 0. The van der Waals surface area contributed by atoms with Gasteiger partial charge in [0.1, 0.15) is 0 Å². The van der Waals surface area contributed by atoms with Crippen LogP contribution in [0, 0.1) is 0 Å². The number of carbonyl (C=O) groups excluding carboxylic acids is 1. The third-order valence-corrected chi connectivity index (χ3v) is 7.57. The molecule has 0 bridgehead atoms. The molecule has 3 aromatic rings. The van der Waals surface area contributed by atoms with Gasteiger partial charge in [0.15, 0.2) is 31.0 Å². The fourth-order valence-corrected chi connectivity index (χ4v) is 5.26. The Balaban J connectivity index is 0.000000252. The summed E-state index contributed by atoms with van der Waals surface area (Å²) in [6.07, 6.45) is -3.61. The Kier molecular flexibility index (Phi) is 10.6. The maximum Gasteiger partial charge on any atom is 0.364 e. The summed E-state index contributed by atoms with van der Waals surface area (Å²) in [5.74, 6) is -0.972. The average Bonchev–Trinajstić information content (AvgIpc) is 2.85. The molecule has 5 nitrogen and oxygen atoms in total. The maximum absolute atomic E-state index is 12.7. The lowest BCUT2D eigenvalue weighted by Gasteiger charge is -2.23. The van der Waals surface area contributed by atoms with Crippen LogP contribution in [0.4, 0.5) is 13.2 Å². The van der Waals surface area contributed by atoms with Crippen molar-refractivity contribution in [2.45, 2.75) is 32.5 Å². The van der Waals surface area contributed by atoms with Crippen LogP contribution in [0.3, 0.4) is 0 Å². The molecule has 0 radical (unpaired) electrons. The number of alkyl halides is 3. The average molecular weight is 525 g/mol. The van der Waals surface area contributed by atoms with Crippen molar-refractivity contribution in [2.75, 3.05) is 6.61 Å². The minimum absolute atomic E-state index is 0.0146. The van der Waals surface area contributed by atoms with Gasteiger partial charge in [-0.05, 0) is 36.4 Å².